The van der Waals surface area contributed by atoms with Crippen LogP contribution in [0.4, 0.5) is 0 Å². The van der Waals surface area contributed by atoms with Crippen molar-refractivity contribution in [2.24, 2.45) is 0 Å². The number of methoxy groups -OCH3 is 1. The third-order valence-corrected chi connectivity index (χ3v) is 7.01. The number of esters is 1. The minimum atomic E-state index is -3.85. The van der Waals surface area contributed by atoms with Crippen LogP contribution in [0.3, 0.4) is 0 Å². The Hall–Kier alpha value is -2.18. The van der Waals surface area contributed by atoms with Crippen molar-refractivity contribution in [2.45, 2.75) is 44.7 Å². The van der Waals surface area contributed by atoms with Crippen LogP contribution in [-0.4, -0.2) is 31.8 Å². The lowest BCUT2D eigenvalue weighted by Gasteiger charge is -2.34. The van der Waals surface area contributed by atoms with Gasteiger partial charge in [0.05, 0.1) is 12.0 Å². The molecule has 3 rings (SSSR count). The Balaban J connectivity index is 2.14. The second-order valence-electron chi connectivity index (χ2n) is 6.79. The van der Waals surface area contributed by atoms with E-state index in [1.807, 2.05) is 43.3 Å². The lowest BCUT2D eigenvalue weighted by atomic mass is 9.96. The number of carbonyl (C=O) groups excluding carboxylic acids is 1. The van der Waals surface area contributed by atoms with Gasteiger partial charge in [-0.1, -0.05) is 42.0 Å². The molecule has 5 nitrogen and oxygen atoms in total. The largest absolute Gasteiger partial charge is 0.468 e. The van der Waals surface area contributed by atoms with Crippen LogP contribution < -0.4 is 0 Å². The minimum Gasteiger partial charge on any atom is -0.468 e. The Morgan fingerprint density at radius 2 is 1.65 bits per heavy atom. The zero-order valence-electron chi connectivity index (χ0n) is 15.4. The van der Waals surface area contributed by atoms with E-state index >= 15 is 0 Å². The van der Waals surface area contributed by atoms with E-state index in [1.54, 1.807) is 13.8 Å². The number of hydrogen-bond acceptors (Lipinski definition) is 4. The average molecular weight is 373 g/mol. The molecule has 0 amide bonds. The Kier molecular flexibility index (Phi) is 4.90. The smallest absolute Gasteiger partial charge is 0.324 e. The molecule has 1 aliphatic rings. The normalized spacial score (nSPS) is 17.6. The van der Waals surface area contributed by atoms with E-state index in [1.165, 1.54) is 11.4 Å². The van der Waals surface area contributed by atoms with Gasteiger partial charge in [-0.2, -0.15) is 4.31 Å². The van der Waals surface area contributed by atoms with E-state index in [9.17, 15) is 13.2 Å². The molecule has 2 aromatic carbocycles. The lowest BCUT2D eigenvalue weighted by Crippen LogP contribution is -2.49. The van der Waals surface area contributed by atoms with E-state index < -0.39 is 22.0 Å². The van der Waals surface area contributed by atoms with Crippen LogP contribution in [0.2, 0.25) is 0 Å². The Bertz CT molecular complexity index is 943. The fraction of sp³-hybridized carbons (Fsp3) is 0.350. The van der Waals surface area contributed by atoms with Crippen LogP contribution in [0.5, 0.6) is 0 Å². The molecule has 138 valence electrons. The van der Waals surface area contributed by atoms with Gasteiger partial charge in [0.15, 0.2) is 0 Å². The lowest BCUT2D eigenvalue weighted by molar-refractivity contribution is -0.145. The molecule has 6 heteroatoms. The second-order valence-corrected chi connectivity index (χ2v) is 8.62. The predicted molar refractivity (Wildman–Crippen MR) is 99.3 cm³/mol. The van der Waals surface area contributed by atoms with Gasteiger partial charge in [-0.3, -0.25) is 4.79 Å². The SMILES string of the molecule is COC(=O)[C@H]1Cc2ccccc2CN1S(=O)(=O)c1c(C)cc(C)cc1C. The third kappa shape index (κ3) is 3.15. The molecule has 1 atom stereocenters. The number of hydrogen-bond donors (Lipinski definition) is 0. The van der Waals surface area contributed by atoms with Crippen molar-refractivity contribution in [2.75, 3.05) is 7.11 Å². The highest BCUT2D eigenvalue weighted by atomic mass is 32.2. The van der Waals surface area contributed by atoms with Gasteiger partial charge < -0.3 is 4.74 Å². The van der Waals surface area contributed by atoms with Crippen LogP contribution in [0.1, 0.15) is 27.8 Å². The molecule has 2 aromatic rings. The summed E-state index contributed by atoms with van der Waals surface area (Å²) in [6, 6.07) is 10.4. The van der Waals surface area contributed by atoms with Gasteiger partial charge in [0, 0.05) is 13.0 Å². The quantitative estimate of drug-likeness (QED) is 0.776. The van der Waals surface area contributed by atoms with Gasteiger partial charge in [-0.15, -0.1) is 0 Å². The molecule has 0 saturated heterocycles. The maximum atomic E-state index is 13.5. The second kappa shape index (κ2) is 6.85. The number of benzene rings is 2. The molecule has 0 aliphatic carbocycles. The van der Waals surface area contributed by atoms with Crippen LogP contribution in [0, 0.1) is 20.8 Å². The van der Waals surface area contributed by atoms with Crippen molar-refractivity contribution in [3.8, 4) is 0 Å². The van der Waals surface area contributed by atoms with Gasteiger partial charge in [0.1, 0.15) is 6.04 Å². The highest BCUT2D eigenvalue weighted by molar-refractivity contribution is 7.89. The summed E-state index contributed by atoms with van der Waals surface area (Å²) in [4.78, 5) is 12.6. The number of nitrogens with zero attached hydrogens (tertiary/aromatic N) is 1. The number of ether oxygens (including phenoxy) is 1. The molecule has 0 aromatic heterocycles. The molecule has 0 fully saturated rings. The predicted octanol–water partition coefficient (Wildman–Crippen LogP) is 2.90. The Morgan fingerprint density at radius 1 is 1.08 bits per heavy atom. The first-order chi connectivity index (χ1) is 12.3. The summed E-state index contributed by atoms with van der Waals surface area (Å²) in [6.07, 6.45) is 0.312. The first kappa shape index (κ1) is 18.6. The average Bonchev–Trinajstić information content (AvgIpc) is 2.58. The van der Waals surface area contributed by atoms with Crippen molar-refractivity contribution >= 4 is 16.0 Å². The molecule has 26 heavy (non-hydrogen) atoms. The van der Waals surface area contributed by atoms with Gasteiger partial charge in [0.25, 0.3) is 0 Å². The topological polar surface area (TPSA) is 63.7 Å². The van der Waals surface area contributed by atoms with E-state index in [-0.39, 0.29) is 11.4 Å². The highest BCUT2D eigenvalue weighted by Gasteiger charge is 2.41. The monoisotopic (exact) mass is 373 g/mol. The first-order valence-electron chi connectivity index (χ1n) is 8.50. The Morgan fingerprint density at radius 3 is 2.23 bits per heavy atom. The summed E-state index contributed by atoms with van der Waals surface area (Å²) >= 11 is 0. The standard InChI is InChI=1S/C20H23NO4S/c1-13-9-14(2)19(15(3)10-13)26(23,24)21-12-17-8-6-5-7-16(17)11-18(21)20(22)25-4/h5-10,18H,11-12H2,1-4H3/t18-/m1/s1. The van der Waals surface area contributed by atoms with Crippen LogP contribution in [-0.2, 0) is 32.5 Å². The zero-order chi connectivity index (χ0) is 19.1. The summed E-state index contributed by atoms with van der Waals surface area (Å²) in [6.45, 7) is 5.67. The van der Waals surface area contributed by atoms with Crippen molar-refractivity contribution in [3.05, 3.63) is 64.2 Å². The van der Waals surface area contributed by atoms with Crippen molar-refractivity contribution in [1.82, 2.24) is 4.31 Å². The third-order valence-electron chi connectivity index (χ3n) is 4.85. The summed E-state index contributed by atoms with van der Waals surface area (Å²) in [5.41, 5.74) is 4.27. The molecular weight excluding hydrogens is 350 g/mol. The molecule has 1 aliphatic heterocycles. The molecule has 0 bridgehead atoms. The number of fused-ring (bicyclic) bond motifs is 1. The van der Waals surface area contributed by atoms with Crippen molar-refractivity contribution in [3.63, 3.8) is 0 Å². The van der Waals surface area contributed by atoms with Crippen LogP contribution in [0.15, 0.2) is 41.3 Å². The summed E-state index contributed by atoms with van der Waals surface area (Å²) < 4.78 is 33.2. The summed E-state index contributed by atoms with van der Waals surface area (Å²) in [5, 5.41) is 0. The van der Waals surface area contributed by atoms with Crippen LogP contribution >= 0.6 is 0 Å². The molecule has 0 N–H and O–H groups in total. The van der Waals surface area contributed by atoms with Crippen molar-refractivity contribution in [1.29, 1.82) is 0 Å². The maximum absolute atomic E-state index is 13.5. The molecular formula is C20H23NO4S. The summed E-state index contributed by atoms with van der Waals surface area (Å²) in [7, 11) is -2.57. The van der Waals surface area contributed by atoms with Crippen molar-refractivity contribution < 1.29 is 17.9 Å². The molecule has 0 unspecified atom stereocenters. The van der Waals surface area contributed by atoms with E-state index in [0.717, 1.165) is 16.7 Å². The minimum absolute atomic E-state index is 0.158. The summed E-state index contributed by atoms with van der Waals surface area (Å²) in [5.74, 6) is -0.537. The highest BCUT2D eigenvalue weighted by Crippen LogP contribution is 2.32. The van der Waals surface area contributed by atoms with Crippen LogP contribution in [0.25, 0.3) is 0 Å². The number of carbonyl (C=O) groups is 1. The fourth-order valence-electron chi connectivity index (χ4n) is 3.78. The van der Waals surface area contributed by atoms with Gasteiger partial charge >= 0.3 is 5.97 Å². The molecule has 1 heterocycles. The molecule has 0 saturated carbocycles. The van der Waals surface area contributed by atoms with Gasteiger partial charge in [-0.05, 0) is 43.0 Å². The molecule has 0 radical (unpaired) electrons. The van der Waals surface area contributed by atoms with E-state index in [0.29, 0.717) is 17.5 Å². The molecule has 0 spiro atoms. The van der Waals surface area contributed by atoms with Gasteiger partial charge in [-0.25, -0.2) is 8.42 Å². The Labute approximate surface area is 154 Å². The number of aryl methyl sites for hydroxylation is 3. The number of sulfonamides is 1. The zero-order valence-corrected chi connectivity index (χ0v) is 16.3. The van der Waals surface area contributed by atoms with Gasteiger partial charge in [0.2, 0.25) is 10.0 Å². The van der Waals surface area contributed by atoms with E-state index in [2.05, 4.69) is 0 Å². The number of rotatable bonds is 3. The van der Waals surface area contributed by atoms with E-state index in [4.69, 9.17) is 4.74 Å². The fourth-order valence-corrected chi connectivity index (χ4v) is 5.75. The maximum Gasteiger partial charge on any atom is 0.324 e. The first-order valence-corrected chi connectivity index (χ1v) is 9.94.